The van der Waals surface area contributed by atoms with Gasteiger partial charge >= 0.3 is 0 Å². The molecule has 0 spiro atoms. The van der Waals surface area contributed by atoms with E-state index in [2.05, 4.69) is 37.0 Å². The van der Waals surface area contributed by atoms with E-state index >= 15 is 0 Å². The molecule has 1 aromatic heterocycles. The van der Waals surface area contributed by atoms with Gasteiger partial charge in [0.1, 0.15) is 0 Å². The van der Waals surface area contributed by atoms with Crippen molar-refractivity contribution in [3.8, 4) is 0 Å². The lowest BCUT2D eigenvalue weighted by molar-refractivity contribution is -0.132. The van der Waals surface area contributed by atoms with E-state index < -0.39 is 0 Å². The number of hydrogen-bond donors (Lipinski definition) is 1. The van der Waals surface area contributed by atoms with Crippen molar-refractivity contribution in [2.45, 2.75) is 46.1 Å². The summed E-state index contributed by atoms with van der Waals surface area (Å²) in [4.78, 5) is 23.8. The molecule has 1 amide bonds. The average Bonchev–Trinajstić information content (AvgIpc) is 2.91. The molecule has 2 saturated heterocycles. The van der Waals surface area contributed by atoms with E-state index in [1.807, 2.05) is 25.7 Å². The van der Waals surface area contributed by atoms with Gasteiger partial charge in [0.15, 0.2) is 5.96 Å². The van der Waals surface area contributed by atoms with Crippen molar-refractivity contribution in [3.63, 3.8) is 0 Å². The highest BCUT2D eigenvalue weighted by Gasteiger charge is 2.24. The minimum atomic E-state index is 0.297. The van der Waals surface area contributed by atoms with Gasteiger partial charge in [0.25, 0.3) is 0 Å². The van der Waals surface area contributed by atoms with Gasteiger partial charge in [0.05, 0.1) is 12.2 Å². The number of amides is 1. The number of aliphatic imine (C=N–C) groups is 1. The normalized spacial score (nSPS) is 19.4. The van der Waals surface area contributed by atoms with Crippen LogP contribution < -0.4 is 5.32 Å². The number of rotatable bonds is 4. The smallest absolute Gasteiger partial charge is 0.236 e. The van der Waals surface area contributed by atoms with Crippen LogP contribution in [-0.4, -0.2) is 89.2 Å². The number of carbonyl (C=O) groups excluding carboxylic acids is 1. The standard InChI is InChI=1S/C21H37N7O/c1-17-19(18(2)25(4)24-17)15-23-21(22-3)28-13-11-26(12-14-28)16-20(29)27-9-7-5-6-8-10-27/h5-16H2,1-4H3,(H,22,23). The average molecular weight is 404 g/mol. The second-order valence-corrected chi connectivity index (χ2v) is 8.23. The number of piperazine rings is 1. The zero-order chi connectivity index (χ0) is 20.8. The van der Waals surface area contributed by atoms with Crippen molar-refractivity contribution in [2.75, 3.05) is 52.9 Å². The summed E-state index contributed by atoms with van der Waals surface area (Å²) in [5.74, 6) is 1.22. The molecule has 8 nitrogen and oxygen atoms in total. The molecule has 0 unspecified atom stereocenters. The number of likely N-dealkylation sites (tertiary alicyclic amines) is 1. The highest BCUT2D eigenvalue weighted by molar-refractivity contribution is 5.80. The summed E-state index contributed by atoms with van der Waals surface area (Å²) < 4.78 is 1.93. The second-order valence-electron chi connectivity index (χ2n) is 8.23. The van der Waals surface area contributed by atoms with E-state index in [4.69, 9.17) is 0 Å². The molecule has 0 atom stereocenters. The van der Waals surface area contributed by atoms with Crippen LogP contribution in [0, 0.1) is 13.8 Å². The molecular formula is C21H37N7O. The molecule has 3 heterocycles. The molecule has 2 fully saturated rings. The van der Waals surface area contributed by atoms with E-state index in [9.17, 15) is 4.79 Å². The van der Waals surface area contributed by atoms with Crippen molar-refractivity contribution < 1.29 is 4.79 Å². The fourth-order valence-electron chi connectivity index (χ4n) is 4.30. The number of guanidine groups is 1. The molecule has 162 valence electrons. The summed E-state index contributed by atoms with van der Waals surface area (Å²) in [7, 11) is 3.81. The summed E-state index contributed by atoms with van der Waals surface area (Å²) in [5, 5.41) is 7.98. The summed E-state index contributed by atoms with van der Waals surface area (Å²) in [5.41, 5.74) is 3.47. The molecule has 8 heteroatoms. The van der Waals surface area contributed by atoms with Crippen LogP contribution in [0.4, 0.5) is 0 Å². The maximum absolute atomic E-state index is 12.6. The van der Waals surface area contributed by atoms with Crippen molar-refractivity contribution in [3.05, 3.63) is 17.0 Å². The molecule has 0 aromatic carbocycles. The lowest BCUT2D eigenvalue weighted by Crippen LogP contribution is -2.54. The van der Waals surface area contributed by atoms with Crippen molar-refractivity contribution in [1.82, 2.24) is 29.8 Å². The Labute approximate surface area is 174 Å². The minimum Gasteiger partial charge on any atom is -0.352 e. The van der Waals surface area contributed by atoms with Crippen LogP contribution in [0.5, 0.6) is 0 Å². The molecule has 1 N–H and O–H groups in total. The predicted octanol–water partition coefficient (Wildman–Crippen LogP) is 1.13. The van der Waals surface area contributed by atoms with Crippen LogP contribution in [0.15, 0.2) is 4.99 Å². The van der Waals surface area contributed by atoms with E-state index in [1.54, 1.807) is 0 Å². The quantitative estimate of drug-likeness (QED) is 0.603. The number of carbonyl (C=O) groups is 1. The molecule has 2 aliphatic heterocycles. The Morgan fingerprint density at radius 2 is 1.66 bits per heavy atom. The van der Waals surface area contributed by atoms with Gasteiger partial charge in [-0.25, -0.2) is 0 Å². The first kappa shape index (κ1) is 21.6. The molecule has 29 heavy (non-hydrogen) atoms. The van der Waals surface area contributed by atoms with Crippen LogP contribution >= 0.6 is 0 Å². The van der Waals surface area contributed by atoms with Crippen LogP contribution in [0.1, 0.15) is 42.6 Å². The number of aromatic nitrogens is 2. The van der Waals surface area contributed by atoms with Crippen LogP contribution in [0.3, 0.4) is 0 Å². The highest BCUT2D eigenvalue weighted by Crippen LogP contribution is 2.13. The van der Waals surface area contributed by atoms with Gasteiger partial charge in [0.2, 0.25) is 5.91 Å². The maximum Gasteiger partial charge on any atom is 0.236 e. The molecule has 2 aliphatic rings. The van der Waals surface area contributed by atoms with Gasteiger partial charge < -0.3 is 15.1 Å². The lowest BCUT2D eigenvalue weighted by atomic mass is 10.2. The second kappa shape index (κ2) is 10.1. The van der Waals surface area contributed by atoms with E-state index in [1.165, 1.54) is 24.1 Å². The third kappa shape index (κ3) is 5.50. The molecule has 0 aliphatic carbocycles. The van der Waals surface area contributed by atoms with Gasteiger partial charge in [-0.1, -0.05) is 12.8 Å². The van der Waals surface area contributed by atoms with E-state index in [0.29, 0.717) is 12.5 Å². The van der Waals surface area contributed by atoms with Gasteiger partial charge in [-0.2, -0.15) is 5.10 Å². The number of hydrogen-bond acceptors (Lipinski definition) is 4. The van der Waals surface area contributed by atoms with Crippen LogP contribution in [-0.2, 0) is 18.4 Å². The predicted molar refractivity (Wildman–Crippen MR) is 116 cm³/mol. The summed E-state index contributed by atoms with van der Waals surface area (Å²) in [6.07, 6.45) is 4.81. The first-order valence-electron chi connectivity index (χ1n) is 10.9. The topological polar surface area (TPSA) is 69.0 Å². The van der Waals surface area contributed by atoms with Gasteiger partial charge in [-0.15, -0.1) is 0 Å². The first-order chi connectivity index (χ1) is 14.0. The third-order valence-electron chi connectivity index (χ3n) is 6.28. The van der Waals surface area contributed by atoms with Crippen molar-refractivity contribution in [2.24, 2.45) is 12.0 Å². The van der Waals surface area contributed by atoms with E-state index in [-0.39, 0.29) is 0 Å². The number of nitrogens with zero attached hydrogens (tertiary/aromatic N) is 6. The monoisotopic (exact) mass is 403 g/mol. The largest absolute Gasteiger partial charge is 0.352 e. The van der Waals surface area contributed by atoms with Gasteiger partial charge in [-0.3, -0.25) is 19.4 Å². The third-order valence-corrected chi connectivity index (χ3v) is 6.28. The Bertz CT molecular complexity index is 711. The van der Waals surface area contributed by atoms with E-state index in [0.717, 1.165) is 70.3 Å². The summed E-state index contributed by atoms with van der Waals surface area (Å²) in [6, 6.07) is 0. The Morgan fingerprint density at radius 1 is 1.00 bits per heavy atom. The zero-order valence-corrected chi connectivity index (χ0v) is 18.6. The number of aryl methyl sites for hydroxylation is 2. The Morgan fingerprint density at radius 3 is 2.21 bits per heavy atom. The molecule has 0 radical (unpaired) electrons. The summed E-state index contributed by atoms with van der Waals surface area (Å²) in [6.45, 7) is 10.9. The fraction of sp³-hybridized carbons (Fsp3) is 0.762. The molecule has 1 aromatic rings. The molecule has 0 bridgehead atoms. The molecule has 3 rings (SSSR count). The van der Waals surface area contributed by atoms with Crippen molar-refractivity contribution >= 4 is 11.9 Å². The van der Waals surface area contributed by atoms with Crippen LogP contribution in [0.2, 0.25) is 0 Å². The maximum atomic E-state index is 12.6. The Kier molecular flexibility index (Phi) is 7.52. The van der Waals surface area contributed by atoms with Gasteiger partial charge in [0, 0.05) is 71.2 Å². The zero-order valence-electron chi connectivity index (χ0n) is 18.6. The SMILES string of the molecule is CN=C(NCc1c(C)nn(C)c1C)N1CCN(CC(=O)N2CCCCCC2)CC1. The molecular weight excluding hydrogens is 366 g/mol. The van der Waals surface area contributed by atoms with Gasteiger partial charge in [-0.05, 0) is 26.7 Å². The lowest BCUT2D eigenvalue weighted by Gasteiger charge is -2.37. The highest BCUT2D eigenvalue weighted by atomic mass is 16.2. The van der Waals surface area contributed by atoms with Crippen LogP contribution in [0.25, 0.3) is 0 Å². The Hall–Kier alpha value is -2.09. The Balaban J connectivity index is 1.46. The first-order valence-corrected chi connectivity index (χ1v) is 10.9. The van der Waals surface area contributed by atoms with Crippen molar-refractivity contribution in [1.29, 1.82) is 0 Å². The molecule has 0 saturated carbocycles. The minimum absolute atomic E-state index is 0.297. The summed E-state index contributed by atoms with van der Waals surface area (Å²) >= 11 is 0. The number of nitrogens with one attached hydrogen (secondary N) is 1. The fourth-order valence-corrected chi connectivity index (χ4v) is 4.30.